The Labute approximate surface area is 146 Å². The number of aromatic amines is 1. The van der Waals surface area contributed by atoms with Crippen LogP contribution in [0.4, 0.5) is 5.95 Å². The molecule has 0 unspecified atom stereocenters. The molecule has 1 aromatic carbocycles. The molecule has 10 heteroatoms. The first kappa shape index (κ1) is 18.4. The highest BCUT2D eigenvalue weighted by molar-refractivity contribution is 6.62. The van der Waals surface area contributed by atoms with Crippen molar-refractivity contribution in [2.24, 2.45) is 0 Å². The minimum Gasteiger partial charge on any atom is -0.399 e. The first-order chi connectivity index (χ1) is 10.8. The quantitative estimate of drug-likeness (QED) is 0.805. The molecule has 8 nitrogen and oxygen atoms in total. The summed E-state index contributed by atoms with van der Waals surface area (Å²) in [6, 6.07) is 7.03. The number of nitrogens with zero attached hydrogens (tertiary/aromatic N) is 3. The van der Waals surface area contributed by atoms with Gasteiger partial charge in [-0.2, -0.15) is 5.21 Å². The molecular formula is C14H19BClN5O3. The molecule has 2 N–H and O–H groups in total. The summed E-state index contributed by atoms with van der Waals surface area (Å²) < 4.78 is 12.0. The van der Waals surface area contributed by atoms with Crippen molar-refractivity contribution in [3.05, 3.63) is 29.8 Å². The highest BCUT2D eigenvalue weighted by Crippen LogP contribution is 2.36. The zero-order valence-electron chi connectivity index (χ0n) is 13.9. The van der Waals surface area contributed by atoms with Crippen molar-refractivity contribution in [1.82, 2.24) is 20.6 Å². The highest BCUT2D eigenvalue weighted by atomic mass is 35.5. The molecule has 0 spiro atoms. The van der Waals surface area contributed by atoms with Crippen LogP contribution < -0.4 is 10.8 Å². The monoisotopic (exact) mass is 351 g/mol. The van der Waals surface area contributed by atoms with Gasteiger partial charge in [0.1, 0.15) is 0 Å². The first-order valence-corrected chi connectivity index (χ1v) is 7.29. The fourth-order valence-electron chi connectivity index (χ4n) is 2.16. The van der Waals surface area contributed by atoms with Gasteiger partial charge >= 0.3 is 7.12 Å². The Morgan fingerprint density at radius 1 is 1.12 bits per heavy atom. The van der Waals surface area contributed by atoms with Gasteiger partial charge < -0.3 is 9.31 Å². The minimum atomic E-state index is -0.450. The predicted molar refractivity (Wildman–Crippen MR) is 91.5 cm³/mol. The molecule has 0 aliphatic carbocycles. The average Bonchev–Trinajstić information content (AvgIpc) is 3.05. The van der Waals surface area contributed by atoms with Crippen molar-refractivity contribution < 1.29 is 14.1 Å². The summed E-state index contributed by atoms with van der Waals surface area (Å²) in [4.78, 5) is 12.1. The molecule has 1 aromatic heterocycles. The first-order valence-electron chi connectivity index (χ1n) is 7.29. The molecule has 2 heterocycles. The Balaban J connectivity index is 0.00000208. The van der Waals surface area contributed by atoms with Crippen LogP contribution in [0.3, 0.4) is 0 Å². The van der Waals surface area contributed by atoms with Crippen molar-refractivity contribution in [2.75, 3.05) is 5.32 Å². The second-order valence-electron chi connectivity index (χ2n) is 6.40. The minimum absolute atomic E-state index is 0. The van der Waals surface area contributed by atoms with Gasteiger partial charge in [-0.05, 0) is 50.5 Å². The van der Waals surface area contributed by atoms with Crippen molar-refractivity contribution in [3.8, 4) is 0 Å². The molecule has 128 valence electrons. The van der Waals surface area contributed by atoms with Gasteiger partial charge in [0.15, 0.2) is 0 Å². The number of anilines is 1. The summed E-state index contributed by atoms with van der Waals surface area (Å²) in [5.41, 5.74) is 0.549. The molecule has 0 saturated carbocycles. The lowest BCUT2D eigenvalue weighted by atomic mass is 9.79. The molecule has 1 fully saturated rings. The molecule has 1 saturated heterocycles. The highest BCUT2D eigenvalue weighted by Gasteiger charge is 2.51. The van der Waals surface area contributed by atoms with E-state index in [-0.39, 0.29) is 24.3 Å². The number of carbonyl (C=O) groups is 1. The van der Waals surface area contributed by atoms with E-state index in [4.69, 9.17) is 9.31 Å². The van der Waals surface area contributed by atoms with Crippen molar-refractivity contribution >= 4 is 36.8 Å². The maximum absolute atomic E-state index is 12.1. The van der Waals surface area contributed by atoms with Crippen LogP contribution in [0.15, 0.2) is 24.3 Å². The second kappa shape index (κ2) is 6.50. The van der Waals surface area contributed by atoms with E-state index in [0.717, 1.165) is 5.46 Å². The molecule has 3 rings (SSSR count). The van der Waals surface area contributed by atoms with E-state index in [9.17, 15) is 4.79 Å². The SMILES string of the molecule is CC1(C)OB(c2ccc(C(=O)Nc3nn[nH]n3)cc2)OC1(C)C.Cl. The number of carbonyl (C=O) groups excluding carboxylic acids is 1. The fourth-order valence-corrected chi connectivity index (χ4v) is 2.16. The maximum atomic E-state index is 12.1. The summed E-state index contributed by atoms with van der Waals surface area (Å²) in [7, 11) is -0.450. The third-order valence-corrected chi connectivity index (χ3v) is 4.27. The molecule has 0 atom stereocenters. The molecular weight excluding hydrogens is 332 g/mol. The number of aromatic nitrogens is 4. The van der Waals surface area contributed by atoms with Gasteiger partial charge in [-0.1, -0.05) is 17.2 Å². The number of rotatable bonds is 3. The topological polar surface area (TPSA) is 102 Å². The predicted octanol–water partition coefficient (Wildman–Crippen LogP) is 1.17. The van der Waals surface area contributed by atoms with Crippen LogP contribution in [-0.2, 0) is 9.31 Å². The van der Waals surface area contributed by atoms with E-state index < -0.39 is 18.3 Å². The molecule has 1 aliphatic rings. The molecule has 1 aliphatic heterocycles. The van der Waals surface area contributed by atoms with E-state index in [0.29, 0.717) is 5.56 Å². The van der Waals surface area contributed by atoms with Crippen LogP contribution in [0, 0.1) is 0 Å². The zero-order chi connectivity index (χ0) is 16.7. The number of benzene rings is 1. The van der Waals surface area contributed by atoms with E-state index in [2.05, 4.69) is 25.9 Å². The summed E-state index contributed by atoms with van der Waals surface area (Å²) in [6.07, 6.45) is 0. The lowest BCUT2D eigenvalue weighted by molar-refractivity contribution is 0.00578. The summed E-state index contributed by atoms with van der Waals surface area (Å²) >= 11 is 0. The van der Waals surface area contributed by atoms with Gasteiger partial charge in [0.05, 0.1) is 11.2 Å². The average molecular weight is 352 g/mol. The number of nitrogens with one attached hydrogen (secondary N) is 2. The molecule has 0 bridgehead atoms. The van der Waals surface area contributed by atoms with Crippen molar-refractivity contribution in [1.29, 1.82) is 0 Å². The summed E-state index contributed by atoms with van der Waals surface area (Å²) in [5.74, 6) is -0.183. The number of amides is 1. The molecule has 24 heavy (non-hydrogen) atoms. The largest absolute Gasteiger partial charge is 0.494 e. The standard InChI is InChI=1S/C14H18BN5O3.ClH/c1-13(2)14(3,4)23-15(22-13)10-7-5-9(6-8-10)11(21)16-12-17-19-20-18-12;/h5-8H,1-4H3,(H2,16,17,18,19,20,21);1H. The summed E-state index contributed by atoms with van der Waals surface area (Å²) in [5, 5.41) is 15.5. The van der Waals surface area contributed by atoms with Crippen molar-refractivity contribution in [3.63, 3.8) is 0 Å². The third-order valence-electron chi connectivity index (χ3n) is 4.27. The van der Waals surface area contributed by atoms with E-state index >= 15 is 0 Å². The third kappa shape index (κ3) is 3.43. The van der Waals surface area contributed by atoms with E-state index in [1.54, 1.807) is 12.1 Å². The van der Waals surface area contributed by atoms with Gasteiger partial charge in [0.25, 0.3) is 11.9 Å². The molecule has 0 radical (unpaired) electrons. The summed E-state index contributed by atoms with van der Waals surface area (Å²) in [6.45, 7) is 8.00. The Morgan fingerprint density at radius 2 is 1.71 bits per heavy atom. The van der Waals surface area contributed by atoms with Gasteiger partial charge in [0.2, 0.25) is 0 Å². The normalized spacial score (nSPS) is 18.1. The Hall–Kier alpha value is -1.97. The van der Waals surface area contributed by atoms with Crippen LogP contribution in [-0.4, -0.2) is 44.9 Å². The fraction of sp³-hybridized carbons (Fsp3) is 0.429. The number of tetrazole rings is 1. The van der Waals surface area contributed by atoms with Crippen LogP contribution in [0.25, 0.3) is 0 Å². The van der Waals surface area contributed by atoms with Gasteiger partial charge in [0, 0.05) is 5.56 Å². The Morgan fingerprint density at radius 3 is 2.21 bits per heavy atom. The number of hydrogen-bond donors (Lipinski definition) is 2. The second-order valence-corrected chi connectivity index (χ2v) is 6.40. The Bertz CT molecular complexity index is 690. The molecule has 2 aromatic rings. The Kier molecular flexibility index (Phi) is 4.98. The maximum Gasteiger partial charge on any atom is 0.494 e. The zero-order valence-corrected chi connectivity index (χ0v) is 14.7. The number of halogens is 1. The van der Waals surface area contributed by atoms with Gasteiger partial charge in [-0.25, -0.2) is 0 Å². The van der Waals surface area contributed by atoms with E-state index in [1.807, 2.05) is 39.8 Å². The van der Waals surface area contributed by atoms with Crippen LogP contribution in [0.5, 0.6) is 0 Å². The van der Waals surface area contributed by atoms with Gasteiger partial charge in [-0.3, -0.25) is 10.1 Å². The van der Waals surface area contributed by atoms with E-state index in [1.165, 1.54) is 0 Å². The lowest BCUT2D eigenvalue weighted by Crippen LogP contribution is -2.41. The smallest absolute Gasteiger partial charge is 0.399 e. The lowest BCUT2D eigenvalue weighted by Gasteiger charge is -2.32. The van der Waals surface area contributed by atoms with Crippen LogP contribution in [0.2, 0.25) is 0 Å². The van der Waals surface area contributed by atoms with Gasteiger partial charge in [-0.15, -0.1) is 17.5 Å². The number of hydrogen-bond acceptors (Lipinski definition) is 6. The molecule has 1 amide bonds. The van der Waals surface area contributed by atoms with Crippen LogP contribution in [0.1, 0.15) is 38.1 Å². The number of H-pyrrole nitrogens is 1. The van der Waals surface area contributed by atoms with Crippen LogP contribution >= 0.6 is 12.4 Å². The van der Waals surface area contributed by atoms with Crippen molar-refractivity contribution in [2.45, 2.75) is 38.9 Å².